The van der Waals surface area contributed by atoms with E-state index in [2.05, 4.69) is 10.1 Å². The lowest BCUT2D eigenvalue weighted by molar-refractivity contribution is -0.138. The third kappa shape index (κ3) is 3.44. The fourth-order valence-corrected chi connectivity index (χ4v) is 1.35. The summed E-state index contributed by atoms with van der Waals surface area (Å²) in [5, 5.41) is 13.6. The predicted molar refractivity (Wildman–Crippen MR) is 68.1 cm³/mol. The van der Waals surface area contributed by atoms with Gasteiger partial charge in [0.05, 0.1) is 12.3 Å². The summed E-state index contributed by atoms with van der Waals surface area (Å²) in [7, 11) is 1.75. The largest absolute Gasteiger partial charge is 0.512 e. The van der Waals surface area contributed by atoms with Crippen molar-refractivity contribution in [2.24, 2.45) is 12.0 Å². The minimum absolute atomic E-state index is 0.0377. The van der Waals surface area contributed by atoms with Crippen LogP contribution in [0, 0.1) is 6.92 Å². The lowest BCUT2D eigenvalue weighted by Gasteiger charge is -2.02. The molecule has 18 heavy (non-hydrogen) atoms. The van der Waals surface area contributed by atoms with Crippen molar-refractivity contribution in [1.82, 2.24) is 9.78 Å². The average molecular weight is 251 g/mol. The molecule has 6 heteroatoms. The summed E-state index contributed by atoms with van der Waals surface area (Å²) in [5.74, 6) is -0.133. The molecule has 0 saturated heterocycles. The molecule has 0 aromatic carbocycles. The van der Waals surface area contributed by atoms with Crippen molar-refractivity contribution in [1.29, 1.82) is 0 Å². The lowest BCUT2D eigenvalue weighted by atomic mass is 10.2. The maximum atomic E-state index is 11.5. The molecular formula is C12H17N3O3. The number of ether oxygens (including phenoxy) is 1. The minimum Gasteiger partial charge on any atom is -0.512 e. The van der Waals surface area contributed by atoms with E-state index in [4.69, 9.17) is 4.74 Å². The number of nitrogens with zero attached hydrogens (tertiary/aromatic N) is 3. The SMILES string of the molecule is CCOC(=O)C(C=Nc1cc(C)nn1C)=C(C)O. The number of aliphatic imine (C=N–C) groups is 1. The van der Waals surface area contributed by atoms with E-state index in [1.807, 2.05) is 6.92 Å². The maximum absolute atomic E-state index is 11.5. The summed E-state index contributed by atoms with van der Waals surface area (Å²) in [6.45, 7) is 5.20. The number of hydrogen-bond acceptors (Lipinski definition) is 5. The summed E-state index contributed by atoms with van der Waals surface area (Å²) in [5.41, 5.74) is 0.864. The first-order valence-corrected chi connectivity index (χ1v) is 5.57. The van der Waals surface area contributed by atoms with Gasteiger partial charge < -0.3 is 9.84 Å². The summed E-state index contributed by atoms with van der Waals surface area (Å²) in [6, 6.07) is 1.77. The maximum Gasteiger partial charge on any atom is 0.343 e. The van der Waals surface area contributed by atoms with E-state index < -0.39 is 5.97 Å². The monoisotopic (exact) mass is 251 g/mol. The van der Waals surface area contributed by atoms with Gasteiger partial charge >= 0.3 is 5.97 Å². The highest BCUT2D eigenvalue weighted by molar-refractivity contribution is 6.10. The number of esters is 1. The Hall–Kier alpha value is -2.11. The molecule has 0 spiro atoms. The number of rotatable bonds is 4. The summed E-state index contributed by atoms with van der Waals surface area (Å²) in [6.07, 6.45) is 1.28. The number of aryl methyl sites for hydroxylation is 2. The summed E-state index contributed by atoms with van der Waals surface area (Å²) >= 11 is 0. The quantitative estimate of drug-likeness (QED) is 0.383. The molecule has 6 nitrogen and oxygen atoms in total. The van der Waals surface area contributed by atoms with Crippen LogP contribution >= 0.6 is 0 Å². The molecule has 0 amide bonds. The number of carbonyl (C=O) groups is 1. The van der Waals surface area contributed by atoms with E-state index in [0.717, 1.165) is 5.69 Å². The van der Waals surface area contributed by atoms with Gasteiger partial charge in [-0.2, -0.15) is 5.10 Å². The van der Waals surface area contributed by atoms with Crippen molar-refractivity contribution in [3.05, 3.63) is 23.1 Å². The molecule has 0 unspecified atom stereocenters. The molecule has 0 aliphatic heterocycles. The topological polar surface area (TPSA) is 76.7 Å². The molecule has 1 aromatic heterocycles. The highest BCUT2D eigenvalue weighted by Crippen LogP contribution is 2.12. The second-order valence-electron chi connectivity index (χ2n) is 3.75. The van der Waals surface area contributed by atoms with Gasteiger partial charge in [-0.25, -0.2) is 9.79 Å². The van der Waals surface area contributed by atoms with Crippen molar-refractivity contribution < 1.29 is 14.6 Å². The van der Waals surface area contributed by atoms with Crippen LogP contribution in [0.1, 0.15) is 19.5 Å². The third-order valence-corrected chi connectivity index (χ3v) is 2.19. The molecule has 0 atom stereocenters. The Labute approximate surface area is 106 Å². The van der Waals surface area contributed by atoms with Crippen molar-refractivity contribution in [3.63, 3.8) is 0 Å². The first kappa shape index (κ1) is 14.0. The van der Waals surface area contributed by atoms with Crippen LogP contribution in [0.25, 0.3) is 0 Å². The molecule has 1 heterocycles. The molecule has 1 aromatic rings. The van der Waals surface area contributed by atoms with Crippen LogP contribution < -0.4 is 0 Å². The van der Waals surface area contributed by atoms with Crippen molar-refractivity contribution >= 4 is 18.0 Å². The summed E-state index contributed by atoms with van der Waals surface area (Å²) in [4.78, 5) is 15.7. The van der Waals surface area contributed by atoms with E-state index in [0.29, 0.717) is 5.82 Å². The van der Waals surface area contributed by atoms with Crippen molar-refractivity contribution in [2.45, 2.75) is 20.8 Å². The molecule has 0 aliphatic rings. The fourth-order valence-electron chi connectivity index (χ4n) is 1.35. The molecule has 0 saturated carbocycles. The number of aromatic nitrogens is 2. The molecule has 1 rings (SSSR count). The first-order chi connectivity index (χ1) is 8.45. The number of aliphatic hydroxyl groups is 1. The van der Waals surface area contributed by atoms with E-state index in [9.17, 15) is 9.90 Å². The molecule has 98 valence electrons. The highest BCUT2D eigenvalue weighted by atomic mass is 16.5. The Morgan fingerprint density at radius 3 is 2.78 bits per heavy atom. The van der Waals surface area contributed by atoms with Crippen molar-refractivity contribution in [3.8, 4) is 0 Å². The number of allylic oxidation sites excluding steroid dienone is 1. The van der Waals surface area contributed by atoms with Gasteiger partial charge in [-0.1, -0.05) is 0 Å². The predicted octanol–water partition coefficient (Wildman–Crippen LogP) is 1.83. The van der Waals surface area contributed by atoms with Gasteiger partial charge in [0.25, 0.3) is 0 Å². The van der Waals surface area contributed by atoms with Gasteiger partial charge in [-0.05, 0) is 20.8 Å². The Balaban J connectivity index is 2.96. The van der Waals surface area contributed by atoms with Crippen LogP contribution in [-0.4, -0.2) is 33.7 Å². The Morgan fingerprint density at radius 2 is 2.33 bits per heavy atom. The van der Waals surface area contributed by atoms with Crippen LogP contribution in [0.4, 0.5) is 5.82 Å². The lowest BCUT2D eigenvalue weighted by Crippen LogP contribution is -2.10. The zero-order chi connectivity index (χ0) is 13.7. The standard InChI is InChI=1S/C12H17N3O3/c1-5-18-12(17)10(9(3)16)7-13-11-6-8(2)14-15(11)4/h6-7,16H,5H2,1-4H3. The Bertz CT molecular complexity index is 497. The summed E-state index contributed by atoms with van der Waals surface area (Å²) < 4.78 is 6.40. The molecular weight excluding hydrogens is 234 g/mol. The van der Waals surface area contributed by atoms with Crippen LogP contribution in [-0.2, 0) is 16.6 Å². The smallest absolute Gasteiger partial charge is 0.343 e. The second kappa shape index (κ2) is 6.00. The molecule has 0 fully saturated rings. The number of hydrogen-bond donors (Lipinski definition) is 1. The molecule has 1 N–H and O–H groups in total. The van der Waals surface area contributed by atoms with E-state index in [-0.39, 0.29) is 17.9 Å². The molecule has 0 radical (unpaired) electrons. The van der Waals surface area contributed by atoms with Crippen LogP contribution in [0.3, 0.4) is 0 Å². The average Bonchev–Trinajstić information content (AvgIpc) is 2.57. The van der Waals surface area contributed by atoms with Gasteiger partial charge in [0, 0.05) is 19.3 Å². The normalized spacial score (nSPS) is 12.7. The Kier molecular flexibility index (Phi) is 4.65. The van der Waals surface area contributed by atoms with E-state index in [1.165, 1.54) is 13.1 Å². The third-order valence-electron chi connectivity index (χ3n) is 2.19. The molecule has 0 bridgehead atoms. The van der Waals surface area contributed by atoms with Crippen molar-refractivity contribution in [2.75, 3.05) is 6.61 Å². The van der Waals surface area contributed by atoms with Crippen LogP contribution in [0.15, 0.2) is 22.4 Å². The van der Waals surface area contributed by atoms with E-state index >= 15 is 0 Å². The van der Waals surface area contributed by atoms with Gasteiger partial charge in [0.1, 0.15) is 17.2 Å². The highest BCUT2D eigenvalue weighted by Gasteiger charge is 2.12. The molecule has 0 aliphatic carbocycles. The van der Waals surface area contributed by atoms with Gasteiger partial charge in [-0.3, -0.25) is 4.68 Å². The van der Waals surface area contributed by atoms with Gasteiger partial charge in [-0.15, -0.1) is 0 Å². The van der Waals surface area contributed by atoms with Gasteiger partial charge in [0.2, 0.25) is 0 Å². The first-order valence-electron chi connectivity index (χ1n) is 5.57. The van der Waals surface area contributed by atoms with Gasteiger partial charge in [0.15, 0.2) is 0 Å². The minimum atomic E-state index is -0.597. The number of aliphatic hydroxyl groups excluding tert-OH is 1. The second-order valence-corrected chi connectivity index (χ2v) is 3.75. The fraction of sp³-hybridized carbons (Fsp3) is 0.417. The van der Waals surface area contributed by atoms with Crippen LogP contribution in [0.5, 0.6) is 0 Å². The zero-order valence-electron chi connectivity index (χ0n) is 11.0. The van der Waals surface area contributed by atoms with Crippen LogP contribution in [0.2, 0.25) is 0 Å². The zero-order valence-corrected chi connectivity index (χ0v) is 11.0. The Morgan fingerprint density at radius 1 is 1.67 bits per heavy atom. The number of carbonyl (C=O) groups excluding carboxylic acids is 1. The van der Waals surface area contributed by atoms with E-state index in [1.54, 1.807) is 24.7 Å².